The van der Waals surface area contributed by atoms with Crippen molar-refractivity contribution < 1.29 is 4.74 Å². The molecule has 160 valence electrons. The number of benzene rings is 1. The van der Waals surface area contributed by atoms with Gasteiger partial charge in [0.05, 0.1) is 42.3 Å². The van der Waals surface area contributed by atoms with E-state index in [2.05, 4.69) is 20.2 Å². The molecule has 0 saturated carbocycles. The van der Waals surface area contributed by atoms with Crippen LogP contribution < -0.4 is 5.56 Å². The molecule has 1 unspecified atom stereocenters. The summed E-state index contributed by atoms with van der Waals surface area (Å²) in [4.78, 5) is 20.5. The molecule has 3 aromatic heterocycles. The van der Waals surface area contributed by atoms with Crippen molar-refractivity contribution in [1.82, 2.24) is 34.3 Å². The average Bonchev–Trinajstić information content (AvgIpc) is 3.40. The molecule has 5 rings (SSSR count). The van der Waals surface area contributed by atoms with Crippen molar-refractivity contribution in [2.75, 3.05) is 20.3 Å². The maximum atomic E-state index is 13.3. The second-order valence-electron chi connectivity index (χ2n) is 7.93. The highest BCUT2D eigenvalue weighted by Crippen LogP contribution is 2.32. The number of hydrogen-bond donors (Lipinski definition) is 0. The first-order valence-electron chi connectivity index (χ1n) is 10.6. The third-order valence-electron chi connectivity index (χ3n) is 5.88. The predicted molar refractivity (Wildman–Crippen MR) is 116 cm³/mol. The van der Waals surface area contributed by atoms with Crippen molar-refractivity contribution in [2.45, 2.75) is 38.9 Å². The fourth-order valence-corrected chi connectivity index (χ4v) is 4.35. The molecule has 0 amide bonds. The molecule has 9 heteroatoms. The quantitative estimate of drug-likeness (QED) is 0.473. The molecule has 0 N–H and O–H groups in total. The maximum absolute atomic E-state index is 13.3. The van der Waals surface area contributed by atoms with Crippen molar-refractivity contribution >= 4 is 16.6 Å². The Balaban J connectivity index is 1.55. The zero-order valence-corrected chi connectivity index (χ0v) is 17.7. The monoisotopic (exact) mass is 419 g/mol. The number of aryl methyl sites for hydroxylation is 1. The Hall–Kier alpha value is -3.17. The molecular formula is C22H25N7O2. The van der Waals surface area contributed by atoms with Gasteiger partial charge in [-0.15, -0.1) is 10.2 Å². The zero-order valence-electron chi connectivity index (χ0n) is 17.7. The summed E-state index contributed by atoms with van der Waals surface area (Å²) in [5.41, 5.74) is 2.36. The van der Waals surface area contributed by atoms with E-state index in [0.29, 0.717) is 25.1 Å². The largest absolute Gasteiger partial charge is 0.383 e. The highest BCUT2D eigenvalue weighted by Gasteiger charge is 2.31. The SMILES string of the molecule is COCCn1c(C2CCCN2Cc2nnc3ccc(C)nn23)nc2ccccc2c1=O. The van der Waals surface area contributed by atoms with Gasteiger partial charge in [0.25, 0.3) is 5.56 Å². The summed E-state index contributed by atoms with van der Waals surface area (Å²) in [6.45, 7) is 4.38. The van der Waals surface area contributed by atoms with Crippen molar-refractivity contribution in [3.63, 3.8) is 0 Å². The fraction of sp³-hybridized carbons (Fsp3) is 0.409. The number of fused-ring (bicyclic) bond motifs is 2. The molecule has 9 nitrogen and oxygen atoms in total. The van der Waals surface area contributed by atoms with Gasteiger partial charge < -0.3 is 4.74 Å². The van der Waals surface area contributed by atoms with Crippen LogP contribution in [-0.2, 0) is 17.8 Å². The maximum Gasteiger partial charge on any atom is 0.261 e. The van der Waals surface area contributed by atoms with E-state index < -0.39 is 0 Å². The van der Waals surface area contributed by atoms with Gasteiger partial charge in [-0.2, -0.15) is 9.61 Å². The van der Waals surface area contributed by atoms with Crippen molar-refractivity contribution in [3.8, 4) is 0 Å². The number of rotatable bonds is 6. The number of ether oxygens (including phenoxy) is 1. The summed E-state index contributed by atoms with van der Waals surface area (Å²) in [5.74, 6) is 1.58. The summed E-state index contributed by atoms with van der Waals surface area (Å²) < 4.78 is 8.85. The predicted octanol–water partition coefficient (Wildman–Crippen LogP) is 2.13. The van der Waals surface area contributed by atoms with E-state index >= 15 is 0 Å². The highest BCUT2D eigenvalue weighted by atomic mass is 16.5. The number of likely N-dealkylation sites (tertiary alicyclic amines) is 1. The minimum absolute atomic E-state index is 0.0188. The van der Waals surface area contributed by atoms with Gasteiger partial charge in [0.1, 0.15) is 5.82 Å². The van der Waals surface area contributed by atoms with Crippen LogP contribution in [-0.4, -0.2) is 54.5 Å². The Morgan fingerprint density at radius 2 is 2.03 bits per heavy atom. The fourth-order valence-electron chi connectivity index (χ4n) is 4.35. The molecule has 31 heavy (non-hydrogen) atoms. The lowest BCUT2D eigenvalue weighted by Gasteiger charge is -2.26. The van der Waals surface area contributed by atoms with Crippen molar-refractivity contribution in [3.05, 3.63) is 64.1 Å². The van der Waals surface area contributed by atoms with E-state index in [1.807, 2.05) is 43.3 Å². The zero-order chi connectivity index (χ0) is 21.4. The van der Waals surface area contributed by atoms with Crippen molar-refractivity contribution in [2.24, 2.45) is 0 Å². The Morgan fingerprint density at radius 3 is 2.90 bits per heavy atom. The lowest BCUT2D eigenvalue weighted by atomic mass is 10.1. The lowest BCUT2D eigenvalue weighted by Crippen LogP contribution is -2.33. The Morgan fingerprint density at radius 1 is 1.16 bits per heavy atom. The van der Waals surface area contributed by atoms with E-state index in [1.165, 1.54) is 0 Å². The standard InChI is InChI=1S/C22H25N7O2/c1-15-9-10-19-24-25-20(29(19)26-15)14-27-11-5-8-18(27)21-23-17-7-4-3-6-16(17)22(30)28(21)12-13-31-2/h3-4,6-7,9-10,18H,5,8,11-14H2,1-2H3. The number of nitrogens with zero attached hydrogens (tertiary/aromatic N) is 7. The van der Waals surface area contributed by atoms with Crippen LogP contribution in [0, 0.1) is 6.92 Å². The number of hydrogen-bond acceptors (Lipinski definition) is 7. The Labute approximate surface area is 179 Å². The summed E-state index contributed by atoms with van der Waals surface area (Å²) in [6.07, 6.45) is 1.96. The number of aromatic nitrogens is 6. The number of para-hydroxylation sites is 1. The second-order valence-corrected chi connectivity index (χ2v) is 7.93. The molecule has 1 aliphatic heterocycles. The highest BCUT2D eigenvalue weighted by molar-refractivity contribution is 5.77. The van der Waals surface area contributed by atoms with Crippen LogP contribution in [0.25, 0.3) is 16.6 Å². The van der Waals surface area contributed by atoms with E-state index in [1.54, 1.807) is 16.2 Å². The second kappa shape index (κ2) is 8.16. The van der Waals surface area contributed by atoms with E-state index in [-0.39, 0.29) is 11.6 Å². The van der Waals surface area contributed by atoms with E-state index in [9.17, 15) is 4.79 Å². The van der Waals surface area contributed by atoms with Gasteiger partial charge in [-0.3, -0.25) is 14.3 Å². The van der Waals surface area contributed by atoms with Gasteiger partial charge in [0.2, 0.25) is 0 Å². The van der Waals surface area contributed by atoms with Crippen LogP contribution in [0.4, 0.5) is 0 Å². The smallest absolute Gasteiger partial charge is 0.261 e. The molecule has 4 heterocycles. The molecule has 1 fully saturated rings. The van der Waals surface area contributed by atoms with Crippen LogP contribution in [0.2, 0.25) is 0 Å². The minimum atomic E-state index is -0.0188. The first kappa shape index (κ1) is 19.8. The molecular weight excluding hydrogens is 394 g/mol. The Bertz CT molecular complexity index is 1300. The van der Waals surface area contributed by atoms with Crippen LogP contribution in [0.5, 0.6) is 0 Å². The van der Waals surface area contributed by atoms with Crippen LogP contribution in [0.1, 0.15) is 36.2 Å². The van der Waals surface area contributed by atoms with E-state index in [0.717, 1.165) is 47.9 Å². The molecule has 0 aliphatic carbocycles. The molecule has 0 radical (unpaired) electrons. The normalized spacial score (nSPS) is 17.2. The first-order valence-corrected chi connectivity index (χ1v) is 10.6. The van der Waals surface area contributed by atoms with Gasteiger partial charge in [0, 0.05) is 7.11 Å². The third-order valence-corrected chi connectivity index (χ3v) is 5.88. The van der Waals surface area contributed by atoms with Crippen LogP contribution in [0.3, 0.4) is 0 Å². The molecule has 0 spiro atoms. The summed E-state index contributed by atoms with van der Waals surface area (Å²) in [5, 5.41) is 13.8. The minimum Gasteiger partial charge on any atom is -0.383 e. The van der Waals surface area contributed by atoms with E-state index in [4.69, 9.17) is 9.72 Å². The van der Waals surface area contributed by atoms with Crippen molar-refractivity contribution in [1.29, 1.82) is 0 Å². The average molecular weight is 419 g/mol. The summed E-state index contributed by atoms with van der Waals surface area (Å²) in [7, 11) is 1.65. The third kappa shape index (κ3) is 3.60. The van der Waals surface area contributed by atoms with Gasteiger partial charge in [-0.25, -0.2) is 4.98 Å². The molecule has 1 aliphatic rings. The molecule has 1 saturated heterocycles. The topological polar surface area (TPSA) is 90.4 Å². The van der Waals surface area contributed by atoms with Crippen LogP contribution in [0.15, 0.2) is 41.2 Å². The summed E-state index contributed by atoms with van der Waals surface area (Å²) in [6, 6.07) is 11.4. The van der Waals surface area contributed by atoms with Gasteiger partial charge in [-0.1, -0.05) is 12.1 Å². The molecule has 1 aromatic carbocycles. The molecule has 1 atom stereocenters. The van der Waals surface area contributed by atoms with Gasteiger partial charge in [-0.05, 0) is 50.6 Å². The summed E-state index contributed by atoms with van der Waals surface area (Å²) >= 11 is 0. The van der Waals surface area contributed by atoms with Gasteiger partial charge in [0.15, 0.2) is 11.5 Å². The lowest BCUT2D eigenvalue weighted by molar-refractivity contribution is 0.178. The number of methoxy groups -OCH3 is 1. The molecule has 0 bridgehead atoms. The Kier molecular flexibility index (Phi) is 5.21. The van der Waals surface area contributed by atoms with Gasteiger partial charge >= 0.3 is 0 Å². The van der Waals surface area contributed by atoms with Crippen LogP contribution >= 0.6 is 0 Å². The first-order chi connectivity index (χ1) is 15.2. The molecule has 4 aromatic rings.